The van der Waals surface area contributed by atoms with Gasteiger partial charge in [0.05, 0.1) is 21.9 Å². The quantitative estimate of drug-likeness (QED) is 0.455. The zero-order valence-electron chi connectivity index (χ0n) is 19.5. The molecule has 0 saturated heterocycles. The SMILES string of the molecule is CCOC(=O)C1(c2ccc(NC(=O)COc3ccc(S(=O)(=O)NC4CCCC4)cc3Cl)cc2)CC1. The van der Waals surface area contributed by atoms with Gasteiger partial charge in [0.25, 0.3) is 5.91 Å². The van der Waals surface area contributed by atoms with Gasteiger partial charge in [-0.05, 0) is 68.5 Å². The summed E-state index contributed by atoms with van der Waals surface area (Å²) in [5.41, 5.74) is 0.868. The van der Waals surface area contributed by atoms with Crippen LogP contribution in [-0.4, -0.2) is 39.5 Å². The number of esters is 1. The minimum atomic E-state index is -3.67. The first kappa shape index (κ1) is 25.5. The van der Waals surface area contributed by atoms with Gasteiger partial charge in [0.2, 0.25) is 10.0 Å². The van der Waals surface area contributed by atoms with Gasteiger partial charge in [-0.1, -0.05) is 36.6 Å². The molecule has 2 saturated carbocycles. The Labute approximate surface area is 210 Å². The molecule has 35 heavy (non-hydrogen) atoms. The number of rotatable bonds is 10. The smallest absolute Gasteiger partial charge is 0.316 e. The molecule has 8 nitrogen and oxygen atoms in total. The third-order valence-electron chi connectivity index (χ3n) is 6.39. The highest BCUT2D eigenvalue weighted by Crippen LogP contribution is 2.49. The molecule has 0 spiro atoms. The van der Waals surface area contributed by atoms with E-state index in [4.69, 9.17) is 21.1 Å². The number of hydrogen-bond donors (Lipinski definition) is 2. The fourth-order valence-electron chi connectivity index (χ4n) is 4.31. The van der Waals surface area contributed by atoms with E-state index < -0.39 is 21.3 Å². The minimum absolute atomic E-state index is 0.0487. The van der Waals surface area contributed by atoms with Crippen molar-refractivity contribution in [3.63, 3.8) is 0 Å². The van der Waals surface area contributed by atoms with Crippen molar-refractivity contribution in [3.8, 4) is 5.75 Å². The summed E-state index contributed by atoms with van der Waals surface area (Å²) in [6.07, 6.45) is 5.20. The molecule has 2 aromatic rings. The molecule has 10 heteroatoms. The maximum Gasteiger partial charge on any atom is 0.316 e. The van der Waals surface area contributed by atoms with Crippen molar-refractivity contribution in [3.05, 3.63) is 53.1 Å². The van der Waals surface area contributed by atoms with Crippen molar-refractivity contribution < 1.29 is 27.5 Å². The van der Waals surface area contributed by atoms with E-state index in [0.717, 1.165) is 44.1 Å². The number of anilines is 1. The number of amides is 1. The molecule has 0 bridgehead atoms. The van der Waals surface area contributed by atoms with Gasteiger partial charge in [0.15, 0.2) is 6.61 Å². The summed E-state index contributed by atoms with van der Waals surface area (Å²) in [7, 11) is -3.67. The molecule has 2 N–H and O–H groups in total. The Morgan fingerprint density at radius 1 is 1.09 bits per heavy atom. The Bertz CT molecular complexity index is 1190. The summed E-state index contributed by atoms with van der Waals surface area (Å²) in [5, 5.41) is 2.83. The highest BCUT2D eigenvalue weighted by molar-refractivity contribution is 7.89. The highest BCUT2D eigenvalue weighted by Gasteiger charge is 2.52. The Morgan fingerprint density at radius 3 is 2.37 bits per heavy atom. The summed E-state index contributed by atoms with van der Waals surface area (Å²) in [6.45, 7) is 1.82. The molecule has 2 aliphatic rings. The summed E-state index contributed by atoms with van der Waals surface area (Å²) in [5.74, 6) is -0.405. The third kappa shape index (κ3) is 5.97. The molecule has 0 heterocycles. The molecule has 188 valence electrons. The van der Waals surface area contributed by atoms with E-state index in [1.807, 2.05) is 12.1 Å². The number of carbonyl (C=O) groups excluding carboxylic acids is 2. The first-order valence-corrected chi connectivity index (χ1v) is 13.6. The van der Waals surface area contributed by atoms with Crippen LogP contribution >= 0.6 is 11.6 Å². The van der Waals surface area contributed by atoms with Crippen LogP contribution in [0.4, 0.5) is 5.69 Å². The number of nitrogens with one attached hydrogen (secondary N) is 2. The summed E-state index contributed by atoms with van der Waals surface area (Å²) >= 11 is 6.22. The van der Waals surface area contributed by atoms with Gasteiger partial charge >= 0.3 is 5.97 Å². The van der Waals surface area contributed by atoms with Crippen LogP contribution in [0.15, 0.2) is 47.4 Å². The van der Waals surface area contributed by atoms with Crippen LogP contribution in [0, 0.1) is 0 Å². The third-order valence-corrected chi connectivity index (χ3v) is 8.20. The van der Waals surface area contributed by atoms with Crippen LogP contribution in [-0.2, 0) is 29.8 Å². The van der Waals surface area contributed by atoms with Crippen LogP contribution in [0.3, 0.4) is 0 Å². The van der Waals surface area contributed by atoms with Crippen LogP contribution in [0.2, 0.25) is 5.02 Å². The largest absolute Gasteiger partial charge is 0.482 e. The van der Waals surface area contributed by atoms with Crippen molar-refractivity contribution in [2.75, 3.05) is 18.5 Å². The Morgan fingerprint density at radius 2 is 1.77 bits per heavy atom. The van der Waals surface area contributed by atoms with Gasteiger partial charge in [-0.2, -0.15) is 0 Å². The predicted molar refractivity (Wildman–Crippen MR) is 132 cm³/mol. The van der Waals surface area contributed by atoms with E-state index in [0.29, 0.717) is 12.3 Å². The van der Waals surface area contributed by atoms with E-state index in [-0.39, 0.29) is 34.3 Å². The van der Waals surface area contributed by atoms with Gasteiger partial charge in [-0.15, -0.1) is 0 Å². The second kappa shape index (κ2) is 10.6. The average Bonchev–Trinajstić information content (AvgIpc) is 3.49. The van der Waals surface area contributed by atoms with E-state index in [1.54, 1.807) is 19.1 Å². The number of carbonyl (C=O) groups is 2. The van der Waals surface area contributed by atoms with E-state index in [9.17, 15) is 18.0 Å². The maximum absolute atomic E-state index is 12.6. The zero-order valence-corrected chi connectivity index (χ0v) is 21.1. The topological polar surface area (TPSA) is 111 Å². The number of benzene rings is 2. The second-order valence-corrected chi connectivity index (χ2v) is 11.0. The van der Waals surface area contributed by atoms with E-state index in [1.165, 1.54) is 18.2 Å². The molecule has 0 atom stereocenters. The predicted octanol–water partition coefficient (Wildman–Crippen LogP) is 4.17. The minimum Gasteiger partial charge on any atom is -0.482 e. The molecule has 4 rings (SSSR count). The van der Waals surface area contributed by atoms with E-state index in [2.05, 4.69) is 10.0 Å². The Kier molecular flexibility index (Phi) is 7.68. The monoisotopic (exact) mass is 520 g/mol. The van der Waals surface area contributed by atoms with Crippen LogP contribution < -0.4 is 14.8 Å². The molecule has 0 aromatic heterocycles. The lowest BCUT2D eigenvalue weighted by molar-refractivity contribution is -0.146. The molecular weight excluding hydrogens is 492 g/mol. The molecule has 0 radical (unpaired) electrons. The van der Waals surface area contributed by atoms with Crippen LogP contribution in [0.1, 0.15) is 51.0 Å². The van der Waals surface area contributed by atoms with Gasteiger partial charge in [0.1, 0.15) is 5.75 Å². The second-order valence-electron chi connectivity index (χ2n) is 8.91. The maximum atomic E-state index is 12.6. The van der Waals surface area contributed by atoms with Crippen molar-refractivity contribution >= 4 is 39.2 Å². The van der Waals surface area contributed by atoms with Gasteiger partial charge in [0, 0.05) is 11.7 Å². The lowest BCUT2D eigenvalue weighted by atomic mass is 9.96. The number of halogens is 1. The molecule has 2 fully saturated rings. The molecule has 2 aromatic carbocycles. The summed E-state index contributed by atoms with van der Waals surface area (Å²) in [4.78, 5) is 24.6. The van der Waals surface area contributed by atoms with Gasteiger partial charge in [-0.25, -0.2) is 13.1 Å². The lowest BCUT2D eigenvalue weighted by Gasteiger charge is -2.15. The van der Waals surface area contributed by atoms with E-state index >= 15 is 0 Å². The van der Waals surface area contributed by atoms with Crippen LogP contribution in [0.25, 0.3) is 0 Å². The van der Waals surface area contributed by atoms with Gasteiger partial charge in [-0.3, -0.25) is 9.59 Å². The standard InChI is InChI=1S/C25H29ClN2O6S/c1-2-33-24(30)25(13-14-25)17-7-9-18(10-8-17)27-23(29)16-34-22-12-11-20(15-21(22)26)35(31,32)28-19-5-3-4-6-19/h7-12,15,19,28H,2-6,13-14,16H2,1H3,(H,27,29). The number of ether oxygens (including phenoxy) is 2. The Balaban J connectivity index is 1.31. The van der Waals surface area contributed by atoms with Gasteiger partial charge < -0.3 is 14.8 Å². The number of hydrogen-bond acceptors (Lipinski definition) is 6. The zero-order chi connectivity index (χ0) is 25.1. The molecular formula is C25H29ClN2O6S. The normalized spacial score (nSPS) is 17.1. The first-order chi connectivity index (χ1) is 16.7. The van der Waals surface area contributed by atoms with Crippen molar-refractivity contribution in [1.29, 1.82) is 0 Å². The first-order valence-electron chi connectivity index (χ1n) is 11.8. The Hall–Kier alpha value is -2.62. The van der Waals surface area contributed by atoms with Crippen LogP contribution in [0.5, 0.6) is 5.75 Å². The van der Waals surface area contributed by atoms with Crippen molar-refractivity contribution in [1.82, 2.24) is 4.72 Å². The highest BCUT2D eigenvalue weighted by atomic mass is 35.5. The molecule has 0 unspecified atom stereocenters. The lowest BCUT2D eigenvalue weighted by Crippen LogP contribution is -2.32. The van der Waals surface area contributed by atoms with Crippen molar-refractivity contribution in [2.45, 2.75) is 61.8 Å². The average molecular weight is 521 g/mol. The fraction of sp³-hybridized carbons (Fsp3) is 0.440. The molecule has 2 aliphatic carbocycles. The van der Waals surface area contributed by atoms with Crippen molar-refractivity contribution in [2.24, 2.45) is 0 Å². The molecule has 0 aliphatic heterocycles. The summed E-state index contributed by atoms with van der Waals surface area (Å²) in [6, 6.07) is 11.2. The molecule has 1 amide bonds. The number of sulfonamides is 1. The summed E-state index contributed by atoms with van der Waals surface area (Å²) < 4.78 is 38.6. The fourth-order valence-corrected chi connectivity index (χ4v) is 5.95.